The van der Waals surface area contributed by atoms with Gasteiger partial charge in [0.25, 0.3) is 0 Å². The Hall–Kier alpha value is -1.79. The van der Waals surface area contributed by atoms with E-state index >= 15 is 0 Å². The molecule has 2 atom stereocenters. The van der Waals surface area contributed by atoms with E-state index in [0.717, 1.165) is 12.0 Å². The van der Waals surface area contributed by atoms with Crippen molar-refractivity contribution in [3.8, 4) is 11.5 Å². The topological polar surface area (TPSA) is 74.0 Å². The van der Waals surface area contributed by atoms with E-state index in [-0.39, 0.29) is 18.0 Å². The molecule has 1 amide bonds. The molecular formula is C16H24N2O4. The average Bonchev–Trinajstić information content (AvgIpc) is 2.81. The van der Waals surface area contributed by atoms with Gasteiger partial charge >= 0.3 is 0 Å². The largest absolute Gasteiger partial charge is 0.493 e. The summed E-state index contributed by atoms with van der Waals surface area (Å²) in [5.41, 5.74) is 7.16. The normalized spacial score (nSPS) is 21.3. The summed E-state index contributed by atoms with van der Waals surface area (Å²) in [6, 6.07) is 5.33. The van der Waals surface area contributed by atoms with Crippen LogP contribution in [0.3, 0.4) is 0 Å². The van der Waals surface area contributed by atoms with Crippen LogP contribution in [0.25, 0.3) is 0 Å². The minimum Gasteiger partial charge on any atom is -0.493 e. The highest BCUT2D eigenvalue weighted by molar-refractivity contribution is 5.80. The van der Waals surface area contributed by atoms with Crippen molar-refractivity contribution >= 4 is 5.91 Å². The Morgan fingerprint density at radius 1 is 1.23 bits per heavy atom. The van der Waals surface area contributed by atoms with Crippen LogP contribution >= 0.6 is 0 Å². The fourth-order valence-electron chi connectivity index (χ4n) is 2.92. The van der Waals surface area contributed by atoms with Crippen molar-refractivity contribution in [1.29, 1.82) is 0 Å². The third-order valence-electron chi connectivity index (χ3n) is 3.97. The van der Waals surface area contributed by atoms with Crippen molar-refractivity contribution < 1.29 is 19.0 Å². The lowest BCUT2D eigenvalue weighted by atomic mass is 10.00. The van der Waals surface area contributed by atoms with E-state index in [1.807, 2.05) is 23.1 Å². The number of likely N-dealkylation sites (tertiary alicyclic amines) is 1. The van der Waals surface area contributed by atoms with Crippen LogP contribution < -0.4 is 15.2 Å². The molecule has 0 bridgehead atoms. The lowest BCUT2D eigenvalue weighted by Gasteiger charge is -2.27. The Morgan fingerprint density at radius 3 is 2.59 bits per heavy atom. The van der Waals surface area contributed by atoms with E-state index in [0.29, 0.717) is 31.1 Å². The van der Waals surface area contributed by atoms with Crippen LogP contribution in [0.5, 0.6) is 11.5 Å². The zero-order chi connectivity index (χ0) is 16.1. The molecule has 1 fully saturated rings. The fourth-order valence-corrected chi connectivity index (χ4v) is 2.92. The third kappa shape index (κ3) is 3.34. The fraction of sp³-hybridized carbons (Fsp3) is 0.562. The van der Waals surface area contributed by atoms with Crippen molar-refractivity contribution in [2.75, 3.05) is 34.5 Å². The van der Waals surface area contributed by atoms with Crippen molar-refractivity contribution in [2.24, 2.45) is 5.73 Å². The number of rotatable bonds is 7. The lowest BCUT2D eigenvalue weighted by Crippen LogP contribution is -2.34. The first-order valence-electron chi connectivity index (χ1n) is 7.38. The van der Waals surface area contributed by atoms with Gasteiger partial charge in [0.2, 0.25) is 5.91 Å². The molecule has 0 radical (unpaired) electrons. The Kier molecular flexibility index (Phi) is 5.63. The maximum absolute atomic E-state index is 12.2. The molecule has 6 heteroatoms. The molecule has 2 N–H and O–H groups in total. The number of ether oxygens (including phenoxy) is 3. The van der Waals surface area contributed by atoms with Crippen LogP contribution in [0.1, 0.15) is 24.4 Å². The molecule has 2 rings (SSSR count). The number of benzene rings is 1. The summed E-state index contributed by atoms with van der Waals surface area (Å²) in [7, 11) is 4.85. The number of nitrogens with zero attached hydrogens (tertiary/aromatic N) is 1. The van der Waals surface area contributed by atoms with E-state index in [4.69, 9.17) is 19.9 Å². The molecule has 22 heavy (non-hydrogen) atoms. The van der Waals surface area contributed by atoms with Gasteiger partial charge in [0, 0.05) is 32.7 Å². The molecule has 1 aromatic rings. The summed E-state index contributed by atoms with van der Waals surface area (Å²) in [6.45, 7) is 1.26. The smallest absolute Gasteiger partial charge is 0.224 e. The van der Waals surface area contributed by atoms with E-state index in [1.54, 1.807) is 21.3 Å². The van der Waals surface area contributed by atoms with Gasteiger partial charge in [-0.25, -0.2) is 0 Å². The monoisotopic (exact) mass is 308 g/mol. The third-order valence-corrected chi connectivity index (χ3v) is 3.97. The maximum Gasteiger partial charge on any atom is 0.224 e. The second-order valence-corrected chi connectivity index (χ2v) is 5.36. The molecule has 1 saturated heterocycles. The first-order chi connectivity index (χ1) is 10.6. The predicted octanol–water partition coefficient (Wildman–Crippen LogP) is 1.34. The van der Waals surface area contributed by atoms with Gasteiger partial charge in [-0.3, -0.25) is 4.79 Å². The standard InChI is InChI=1S/C16H24N2O4/c1-20-8-4-7-18-15(19)10-12(17)16(18)11-5-6-13(21-2)14(9-11)22-3/h5-6,9,12,16H,4,7-8,10,17H2,1-3H3. The van der Waals surface area contributed by atoms with Crippen LogP contribution in [0.2, 0.25) is 0 Å². The zero-order valence-corrected chi connectivity index (χ0v) is 13.4. The Bertz CT molecular complexity index is 521. The summed E-state index contributed by atoms with van der Waals surface area (Å²) in [5, 5.41) is 0. The molecule has 1 heterocycles. The van der Waals surface area contributed by atoms with Crippen LogP contribution in [0.4, 0.5) is 0 Å². The Balaban J connectivity index is 2.25. The van der Waals surface area contributed by atoms with E-state index < -0.39 is 0 Å². The number of hydrogen-bond donors (Lipinski definition) is 1. The molecule has 0 saturated carbocycles. The molecule has 0 aromatic heterocycles. The number of carbonyl (C=O) groups is 1. The number of methoxy groups -OCH3 is 3. The molecule has 1 aliphatic heterocycles. The summed E-state index contributed by atoms with van der Waals surface area (Å²) in [5.74, 6) is 1.39. The summed E-state index contributed by atoms with van der Waals surface area (Å²) in [4.78, 5) is 14.0. The molecule has 0 aliphatic carbocycles. The van der Waals surface area contributed by atoms with Crippen molar-refractivity contribution in [2.45, 2.75) is 24.9 Å². The lowest BCUT2D eigenvalue weighted by molar-refractivity contribution is -0.129. The molecule has 1 aliphatic rings. The maximum atomic E-state index is 12.2. The highest BCUT2D eigenvalue weighted by Gasteiger charge is 2.38. The Morgan fingerprint density at radius 2 is 1.95 bits per heavy atom. The first kappa shape index (κ1) is 16.6. The number of hydrogen-bond acceptors (Lipinski definition) is 5. The van der Waals surface area contributed by atoms with E-state index in [1.165, 1.54) is 0 Å². The molecule has 2 unspecified atom stereocenters. The number of amides is 1. The van der Waals surface area contributed by atoms with Crippen LogP contribution in [-0.2, 0) is 9.53 Å². The summed E-state index contributed by atoms with van der Waals surface area (Å²) in [6.07, 6.45) is 1.16. The number of carbonyl (C=O) groups excluding carboxylic acids is 1. The first-order valence-corrected chi connectivity index (χ1v) is 7.38. The molecule has 0 spiro atoms. The van der Waals surface area contributed by atoms with Crippen molar-refractivity contribution in [3.63, 3.8) is 0 Å². The summed E-state index contributed by atoms with van der Waals surface area (Å²) < 4.78 is 15.7. The minimum absolute atomic E-state index is 0.0865. The van der Waals surface area contributed by atoms with Gasteiger partial charge in [-0.15, -0.1) is 0 Å². The van der Waals surface area contributed by atoms with Gasteiger partial charge in [-0.2, -0.15) is 0 Å². The molecule has 122 valence electrons. The number of nitrogens with two attached hydrogens (primary N) is 1. The van der Waals surface area contributed by atoms with E-state index in [2.05, 4.69) is 0 Å². The van der Waals surface area contributed by atoms with Crippen molar-refractivity contribution in [1.82, 2.24) is 4.90 Å². The van der Waals surface area contributed by atoms with Crippen molar-refractivity contribution in [3.05, 3.63) is 23.8 Å². The second-order valence-electron chi connectivity index (χ2n) is 5.36. The molecule has 6 nitrogen and oxygen atoms in total. The zero-order valence-electron chi connectivity index (χ0n) is 13.4. The minimum atomic E-state index is -0.215. The van der Waals surface area contributed by atoms with Gasteiger partial charge in [0.15, 0.2) is 11.5 Å². The highest BCUT2D eigenvalue weighted by Crippen LogP contribution is 2.36. The molecule has 1 aromatic carbocycles. The van der Waals surface area contributed by atoms with Gasteiger partial charge in [0.05, 0.1) is 20.3 Å². The van der Waals surface area contributed by atoms with Gasteiger partial charge < -0.3 is 24.8 Å². The van der Waals surface area contributed by atoms with E-state index in [9.17, 15) is 4.79 Å². The van der Waals surface area contributed by atoms with Crippen LogP contribution in [0.15, 0.2) is 18.2 Å². The highest BCUT2D eigenvalue weighted by atomic mass is 16.5. The average molecular weight is 308 g/mol. The van der Waals surface area contributed by atoms with Crippen LogP contribution in [0, 0.1) is 0 Å². The van der Waals surface area contributed by atoms with Gasteiger partial charge in [-0.1, -0.05) is 6.07 Å². The summed E-state index contributed by atoms with van der Waals surface area (Å²) >= 11 is 0. The van der Waals surface area contributed by atoms with Gasteiger partial charge in [0.1, 0.15) is 0 Å². The van der Waals surface area contributed by atoms with Crippen LogP contribution in [-0.4, -0.2) is 51.3 Å². The second kappa shape index (κ2) is 7.47. The predicted molar refractivity (Wildman–Crippen MR) is 83.1 cm³/mol. The van der Waals surface area contributed by atoms with Gasteiger partial charge in [-0.05, 0) is 24.1 Å². The SMILES string of the molecule is COCCCN1C(=O)CC(N)C1c1ccc(OC)c(OC)c1. The quantitative estimate of drug-likeness (QED) is 0.770. The molecular weight excluding hydrogens is 284 g/mol. The Labute approximate surface area is 131 Å².